The zero-order valence-electron chi connectivity index (χ0n) is 7.14. The first-order valence-corrected chi connectivity index (χ1v) is 4.27. The molecule has 0 atom stereocenters. The van der Waals surface area contributed by atoms with Crippen molar-refractivity contribution in [2.24, 2.45) is 5.11 Å². The molecule has 0 aliphatic carbocycles. The summed E-state index contributed by atoms with van der Waals surface area (Å²) in [5.74, 6) is -0.398. The van der Waals surface area contributed by atoms with Crippen molar-refractivity contribution in [3.8, 4) is 0 Å². The minimum absolute atomic E-state index is 0.113. The predicted molar refractivity (Wildman–Crippen MR) is 52.1 cm³/mol. The fraction of sp³-hybridized carbons (Fsp3) is 0.143. The number of rotatable bonds is 2. The van der Waals surface area contributed by atoms with E-state index < -0.39 is 5.97 Å². The molecule has 6 nitrogen and oxygen atoms in total. The van der Waals surface area contributed by atoms with Gasteiger partial charge in [-0.25, -0.2) is 9.78 Å². The van der Waals surface area contributed by atoms with E-state index in [4.69, 9.17) is 5.53 Å². The molecule has 1 heterocycles. The van der Waals surface area contributed by atoms with Crippen LogP contribution in [-0.2, 0) is 4.74 Å². The number of carbonyl (C=O) groups excluding carboxylic acids is 1. The van der Waals surface area contributed by atoms with Gasteiger partial charge in [0.1, 0.15) is 10.4 Å². The van der Waals surface area contributed by atoms with Crippen molar-refractivity contribution in [1.29, 1.82) is 0 Å². The molecule has 72 valence electrons. The van der Waals surface area contributed by atoms with Crippen molar-refractivity contribution >= 4 is 27.7 Å². The van der Waals surface area contributed by atoms with Crippen LogP contribution in [0, 0.1) is 0 Å². The maximum Gasteiger partial charge on any atom is 0.338 e. The van der Waals surface area contributed by atoms with Gasteiger partial charge in [-0.3, -0.25) is 0 Å². The molecule has 0 aliphatic heterocycles. The van der Waals surface area contributed by atoms with Gasteiger partial charge in [0.05, 0.1) is 12.7 Å². The van der Waals surface area contributed by atoms with Crippen LogP contribution in [0.4, 0.5) is 5.82 Å². The molecule has 1 aromatic rings. The van der Waals surface area contributed by atoms with Gasteiger partial charge in [0, 0.05) is 4.91 Å². The number of nitrogens with zero attached hydrogens (tertiary/aromatic N) is 4. The maximum atomic E-state index is 11.1. The first-order valence-electron chi connectivity index (χ1n) is 3.48. The van der Waals surface area contributed by atoms with Gasteiger partial charge < -0.3 is 4.74 Å². The third-order valence-electron chi connectivity index (χ3n) is 1.35. The largest absolute Gasteiger partial charge is 0.465 e. The number of ether oxygens (including phenoxy) is 1. The van der Waals surface area contributed by atoms with E-state index in [-0.39, 0.29) is 11.4 Å². The molecule has 0 aromatic carbocycles. The summed E-state index contributed by atoms with van der Waals surface area (Å²) in [5, 5.41) is 3.28. The van der Waals surface area contributed by atoms with Crippen molar-refractivity contribution < 1.29 is 9.53 Å². The van der Waals surface area contributed by atoms with Crippen LogP contribution in [0.15, 0.2) is 21.9 Å². The minimum atomic E-state index is -0.512. The average molecular weight is 257 g/mol. The molecule has 0 saturated heterocycles. The SMILES string of the molecule is COC(=O)c1cc(Br)nc(N=[N+]=[N-])c1. The first-order chi connectivity index (χ1) is 6.67. The molecule has 0 bridgehead atoms. The molecule has 7 heteroatoms. The van der Waals surface area contributed by atoms with Gasteiger partial charge in [-0.15, -0.1) is 0 Å². The van der Waals surface area contributed by atoms with Crippen molar-refractivity contribution in [2.45, 2.75) is 0 Å². The molecule has 0 spiro atoms. The monoisotopic (exact) mass is 256 g/mol. The smallest absolute Gasteiger partial charge is 0.338 e. The van der Waals surface area contributed by atoms with Crippen molar-refractivity contribution in [1.82, 2.24) is 4.98 Å². The number of hydrogen-bond donors (Lipinski definition) is 0. The molecule has 14 heavy (non-hydrogen) atoms. The lowest BCUT2D eigenvalue weighted by atomic mass is 10.3. The molecule has 0 N–H and O–H groups in total. The second-order valence-corrected chi connectivity index (χ2v) is 3.03. The van der Waals surface area contributed by atoms with Crippen LogP contribution >= 0.6 is 15.9 Å². The van der Waals surface area contributed by atoms with E-state index >= 15 is 0 Å². The second kappa shape index (κ2) is 4.59. The third kappa shape index (κ3) is 2.45. The van der Waals surface area contributed by atoms with Gasteiger partial charge in [-0.05, 0) is 38.7 Å². The number of esters is 1. The quantitative estimate of drug-likeness (QED) is 0.268. The molecule has 1 aromatic heterocycles. The summed E-state index contributed by atoms with van der Waals surface area (Å²) in [4.78, 5) is 17.5. The van der Waals surface area contributed by atoms with Gasteiger partial charge in [0.25, 0.3) is 0 Å². The molecule has 0 saturated carbocycles. The molecule has 0 aliphatic rings. The van der Waals surface area contributed by atoms with Gasteiger partial charge >= 0.3 is 5.97 Å². The standard InChI is InChI=1S/C7H5BrN4O2/c1-14-7(13)4-2-5(8)10-6(3-4)11-12-9/h2-3H,1H3. The molecule has 0 fully saturated rings. The van der Waals surface area contributed by atoms with E-state index in [0.717, 1.165) is 0 Å². The third-order valence-corrected chi connectivity index (χ3v) is 1.76. The van der Waals surface area contributed by atoms with E-state index in [0.29, 0.717) is 4.60 Å². The van der Waals surface area contributed by atoms with Crippen LogP contribution < -0.4 is 0 Å². The van der Waals surface area contributed by atoms with E-state index in [9.17, 15) is 4.79 Å². The number of pyridine rings is 1. The molecule has 1 rings (SSSR count). The van der Waals surface area contributed by atoms with Crippen LogP contribution in [0.25, 0.3) is 10.4 Å². The number of methoxy groups -OCH3 is 1. The van der Waals surface area contributed by atoms with Crippen molar-refractivity contribution in [3.63, 3.8) is 0 Å². The fourth-order valence-corrected chi connectivity index (χ4v) is 1.24. The number of aromatic nitrogens is 1. The minimum Gasteiger partial charge on any atom is -0.465 e. The Bertz CT molecular complexity index is 414. The Balaban J connectivity index is 3.19. The highest BCUT2D eigenvalue weighted by molar-refractivity contribution is 9.10. The Morgan fingerprint density at radius 3 is 3.00 bits per heavy atom. The Morgan fingerprint density at radius 2 is 2.43 bits per heavy atom. The van der Waals surface area contributed by atoms with E-state index in [1.165, 1.54) is 19.2 Å². The predicted octanol–water partition coefficient (Wildman–Crippen LogP) is 2.57. The zero-order valence-corrected chi connectivity index (χ0v) is 8.72. The lowest BCUT2D eigenvalue weighted by Gasteiger charge is -2.00. The van der Waals surface area contributed by atoms with Crippen LogP contribution in [-0.4, -0.2) is 18.1 Å². The number of azide groups is 1. The average Bonchev–Trinajstić information content (AvgIpc) is 2.16. The topological polar surface area (TPSA) is 88.0 Å². The molecular formula is C7H5BrN4O2. The second-order valence-electron chi connectivity index (χ2n) is 2.22. The van der Waals surface area contributed by atoms with Crippen molar-refractivity contribution in [3.05, 3.63) is 32.7 Å². The van der Waals surface area contributed by atoms with Gasteiger partial charge in [0.2, 0.25) is 0 Å². The Kier molecular flexibility index (Phi) is 3.44. The van der Waals surface area contributed by atoms with Gasteiger partial charge in [-0.1, -0.05) is 0 Å². The summed E-state index contributed by atoms with van der Waals surface area (Å²) in [6, 6.07) is 2.82. The summed E-state index contributed by atoms with van der Waals surface area (Å²) in [7, 11) is 1.27. The lowest BCUT2D eigenvalue weighted by Crippen LogP contribution is -2.01. The van der Waals surface area contributed by atoms with Crippen LogP contribution in [0.1, 0.15) is 10.4 Å². The van der Waals surface area contributed by atoms with Crippen molar-refractivity contribution in [2.75, 3.05) is 7.11 Å². The van der Waals surface area contributed by atoms with E-state index in [1.54, 1.807) is 0 Å². The highest BCUT2D eigenvalue weighted by Crippen LogP contribution is 2.17. The summed E-state index contributed by atoms with van der Waals surface area (Å²) < 4.78 is 4.91. The summed E-state index contributed by atoms with van der Waals surface area (Å²) in [6.45, 7) is 0. The van der Waals surface area contributed by atoms with E-state index in [1.807, 2.05) is 0 Å². The maximum absolute atomic E-state index is 11.1. The number of carbonyl (C=O) groups is 1. The zero-order chi connectivity index (χ0) is 10.6. The first kappa shape index (κ1) is 10.5. The number of hydrogen-bond acceptors (Lipinski definition) is 4. The Labute approximate surface area is 87.7 Å². The highest BCUT2D eigenvalue weighted by Gasteiger charge is 2.07. The molecule has 0 amide bonds. The van der Waals surface area contributed by atoms with Crippen LogP contribution in [0.3, 0.4) is 0 Å². The lowest BCUT2D eigenvalue weighted by molar-refractivity contribution is 0.0600. The highest BCUT2D eigenvalue weighted by atomic mass is 79.9. The molecular weight excluding hydrogens is 252 g/mol. The summed E-state index contributed by atoms with van der Waals surface area (Å²) in [6.07, 6.45) is 0. The van der Waals surface area contributed by atoms with E-state index in [2.05, 4.69) is 35.7 Å². The summed E-state index contributed by atoms with van der Waals surface area (Å²) >= 11 is 3.08. The van der Waals surface area contributed by atoms with Gasteiger partial charge in [0.15, 0.2) is 0 Å². The normalized spacial score (nSPS) is 9.00. The van der Waals surface area contributed by atoms with Gasteiger partial charge in [-0.2, -0.15) is 0 Å². The number of halogens is 1. The fourth-order valence-electron chi connectivity index (χ4n) is 0.816. The Morgan fingerprint density at radius 1 is 1.71 bits per heavy atom. The molecule has 0 unspecified atom stereocenters. The van der Waals surface area contributed by atoms with Crippen LogP contribution in [0.5, 0.6) is 0 Å². The summed E-state index contributed by atoms with van der Waals surface area (Å²) in [5.41, 5.74) is 8.46. The van der Waals surface area contributed by atoms with Crippen LogP contribution in [0.2, 0.25) is 0 Å². The molecule has 0 radical (unpaired) electrons. The Hall–Kier alpha value is -1.59.